The molecule has 0 aliphatic carbocycles. The lowest BCUT2D eigenvalue weighted by atomic mass is 10.1. The molecule has 0 aliphatic rings. The second kappa shape index (κ2) is 5.46. The Kier molecular flexibility index (Phi) is 3.90. The first-order valence-electron chi connectivity index (χ1n) is 5.64. The van der Waals surface area contributed by atoms with E-state index in [9.17, 15) is 18.7 Å². The molecule has 0 radical (unpaired) electrons. The minimum Gasteiger partial charge on any atom is -0.506 e. The highest BCUT2D eigenvalue weighted by Gasteiger charge is 2.19. The molecule has 3 nitrogen and oxygen atoms in total. The zero-order valence-electron chi connectivity index (χ0n) is 10.4. The number of aryl methyl sites for hydroxylation is 1. The first kappa shape index (κ1) is 14.3. The minimum atomic E-state index is -0.955. The topological polar surface area (TPSA) is 49.3 Å². The summed E-state index contributed by atoms with van der Waals surface area (Å²) in [5.74, 6) is -3.05. The number of hydrogen-bond acceptors (Lipinski definition) is 2. The lowest BCUT2D eigenvalue weighted by molar-refractivity contribution is 0.101. The SMILES string of the molecule is Cc1ccc(F)c(C(=O)Nc2ccc(Cl)c(O)c2)c1F. The Morgan fingerprint density at radius 3 is 2.60 bits per heavy atom. The van der Waals surface area contributed by atoms with Crippen molar-refractivity contribution >= 4 is 23.2 Å². The van der Waals surface area contributed by atoms with Gasteiger partial charge in [-0.1, -0.05) is 17.7 Å². The van der Waals surface area contributed by atoms with Gasteiger partial charge in [0.05, 0.1) is 5.02 Å². The van der Waals surface area contributed by atoms with Gasteiger partial charge in [0.2, 0.25) is 0 Å². The van der Waals surface area contributed by atoms with E-state index in [2.05, 4.69) is 5.32 Å². The molecule has 0 heterocycles. The number of amides is 1. The van der Waals surface area contributed by atoms with E-state index in [4.69, 9.17) is 11.6 Å². The maximum Gasteiger partial charge on any atom is 0.261 e. The zero-order chi connectivity index (χ0) is 14.9. The highest BCUT2D eigenvalue weighted by atomic mass is 35.5. The van der Waals surface area contributed by atoms with Gasteiger partial charge in [-0.3, -0.25) is 4.79 Å². The summed E-state index contributed by atoms with van der Waals surface area (Å²) in [7, 11) is 0. The van der Waals surface area contributed by atoms with E-state index in [-0.39, 0.29) is 22.0 Å². The van der Waals surface area contributed by atoms with Gasteiger partial charge in [-0.05, 0) is 30.7 Å². The molecule has 2 rings (SSSR count). The Bertz CT molecular complexity index is 689. The van der Waals surface area contributed by atoms with E-state index >= 15 is 0 Å². The van der Waals surface area contributed by atoms with Crippen LogP contribution >= 0.6 is 11.6 Å². The molecule has 0 saturated carbocycles. The fourth-order valence-corrected chi connectivity index (χ4v) is 1.77. The molecular weight excluding hydrogens is 288 g/mol. The van der Waals surface area contributed by atoms with E-state index in [0.717, 1.165) is 6.07 Å². The summed E-state index contributed by atoms with van der Waals surface area (Å²) in [5, 5.41) is 11.8. The van der Waals surface area contributed by atoms with Crippen LogP contribution in [0.5, 0.6) is 5.75 Å². The second-order valence-corrected chi connectivity index (χ2v) is 4.58. The Labute approximate surface area is 118 Å². The normalized spacial score (nSPS) is 10.4. The lowest BCUT2D eigenvalue weighted by Crippen LogP contribution is -2.16. The van der Waals surface area contributed by atoms with Crippen molar-refractivity contribution in [3.05, 3.63) is 58.1 Å². The number of halogens is 3. The first-order valence-corrected chi connectivity index (χ1v) is 6.02. The zero-order valence-corrected chi connectivity index (χ0v) is 11.1. The third-order valence-electron chi connectivity index (χ3n) is 2.72. The summed E-state index contributed by atoms with van der Waals surface area (Å²) in [5.41, 5.74) is -0.327. The van der Waals surface area contributed by atoms with Gasteiger partial charge in [0, 0.05) is 11.8 Å². The van der Waals surface area contributed by atoms with Crippen LogP contribution in [0.4, 0.5) is 14.5 Å². The number of carbonyl (C=O) groups is 1. The number of hydrogen-bond donors (Lipinski definition) is 2. The minimum absolute atomic E-state index is 0.107. The summed E-state index contributed by atoms with van der Waals surface area (Å²) in [4.78, 5) is 11.9. The number of anilines is 1. The van der Waals surface area contributed by atoms with Crippen molar-refractivity contribution < 1.29 is 18.7 Å². The summed E-state index contributed by atoms with van der Waals surface area (Å²) in [6.07, 6.45) is 0. The van der Waals surface area contributed by atoms with Gasteiger partial charge in [0.15, 0.2) is 0 Å². The highest BCUT2D eigenvalue weighted by molar-refractivity contribution is 6.32. The van der Waals surface area contributed by atoms with Gasteiger partial charge in [0.1, 0.15) is 22.9 Å². The quantitative estimate of drug-likeness (QED) is 0.883. The number of benzene rings is 2. The fourth-order valence-electron chi connectivity index (χ4n) is 1.65. The Balaban J connectivity index is 2.33. The molecule has 2 N–H and O–H groups in total. The smallest absolute Gasteiger partial charge is 0.261 e. The molecule has 2 aromatic carbocycles. The van der Waals surface area contributed by atoms with Crippen molar-refractivity contribution in [2.45, 2.75) is 6.92 Å². The molecule has 104 valence electrons. The van der Waals surface area contributed by atoms with E-state index in [0.29, 0.717) is 0 Å². The van der Waals surface area contributed by atoms with Crippen molar-refractivity contribution in [1.29, 1.82) is 0 Å². The molecule has 0 aromatic heterocycles. The summed E-state index contributed by atoms with van der Waals surface area (Å²) in [6.45, 7) is 1.43. The molecule has 20 heavy (non-hydrogen) atoms. The number of phenols is 1. The van der Waals surface area contributed by atoms with Crippen molar-refractivity contribution in [3.63, 3.8) is 0 Å². The van der Waals surface area contributed by atoms with Gasteiger partial charge >= 0.3 is 0 Å². The first-order chi connectivity index (χ1) is 9.40. The summed E-state index contributed by atoms with van der Waals surface area (Å²) < 4.78 is 27.3. The van der Waals surface area contributed by atoms with Crippen LogP contribution in [0.2, 0.25) is 5.02 Å². The van der Waals surface area contributed by atoms with Crippen molar-refractivity contribution in [1.82, 2.24) is 0 Å². The third-order valence-corrected chi connectivity index (χ3v) is 3.03. The fraction of sp³-hybridized carbons (Fsp3) is 0.0714. The van der Waals surface area contributed by atoms with Crippen LogP contribution in [0, 0.1) is 18.6 Å². The lowest BCUT2D eigenvalue weighted by Gasteiger charge is -2.09. The maximum absolute atomic E-state index is 13.8. The predicted molar refractivity (Wildman–Crippen MR) is 72.2 cm³/mol. The van der Waals surface area contributed by atoms with E-state index in [1.807, 2.05) is 0 Å². The molecule has 6 heteroatoms. The second-order valence-electron chi connectivity index (χ2n) is 4.17. The van der Waals surface area contributed by atoms with Crippen LogP contribution in [0.3, 0.4) is 0 Å². The molecule has 0 fully saturated rings. The van der Waals surface area contributed by atoms with Gasteiger partial charge in [0.25, 0.3) is 5.91 Å². The van der Waals surface area contributed by atoms with Crippen LogP contribution in [0.25, 0.3) is 0 Å². The molecular formula is C14H10ClF2NO2. The predicted octanol–water partition coefficient (Wildman–Crippen LogP) is 3.88. The number of carbonyl (C=O) groups excluding carboxylic acids is 1. The number of aromatic hydroxyl groups is 1. The number of nitrogens with one attached hydrogen (secondary N) is 1. The molecule has 0 bridgehead atoms. The monoisotopic (exact) mass is 297 g/mol. The standard InChI is InChI=1S/C14H10ClF2NO2/c1-7-2-5-10(16)12(13(7)17)14(20)18-8-3-4-9(15)11(19)6-8/h2-6,19H,1H3,(H,18,20). The number of rotatable bonds is 2. The van der Waals surface area contributed by atoms with Gasteiger partial charge < -0.3 is 10.4 Å². The van der Waals surface area contributed by atoms with Crippen LogP contribution in [-0.2, 0) is 0 Å². The molecule has 0 unspecified atom stereocenters. The molecule has 0 aliphatic heterocycles. The molecule has 0 spiro atoms. The molecule has 1 amide bonds. The molecule has 2 aromatic rings. The maximum atomic E-state index is 13.8. The third kappa shape index (κ3) is 2.72. The summed E-state index contributed by atoms with van der Waals surface area (Å²) in [6, 6.07) is 6.22. The van der Waals surface area contributed by atoms with Crippen LogP contribution < -0.4 is 5.32 Å². The summed E-state index contributed by atoms with van der Waals surface area (Å²) >= 11 is 5.62. The number of phenolic OH excluding ortho intramolecular Hbond substituents is 1. The highest BCUT2D eigenvalue weighted by Crippen LogP contribution is 2.27. The van der Waals surface area contributed by atoms with Crippen molar-refractivity contribution in [2.24, 2.45) is 0 Å². The average Bonchev–Trinajstić information content (AvgIpc) is 2.39. The Hall–Kier alpha value is -2.14. The molecule has 0 atom stereocenters. The van der Waals surface area contributed by atoms with Crippen LogP contribution in [0.1, 0.15) is 15.9 Å². The van der Waals surface area contributed by atoms with Gasteiger partial charge in [-0.15, -0.1) is 0 Å². The van der Waals surface area contributed by atoms with Gasteiger partial charge in [-0.25, -0.2) is 8.78 Å². The van der Waals surface area contributed by atoms with Crippen LogP contribution in [0.15, 0.2) is 30.3 Å². The Morgan fingerprint density at radius 1 is 1.25 bits per heavy atom. The van der Waals surface area contributed by atoms with Gasteiger partial charge in [-0.2, -0.15) is 0 Å². The van der Waals surface area contributed by atoms with Crippen LogP contribution in [-0.4, -0.2) is 11.0 Å². The van der Waals surface area contributed by atoms with E-state index in [1.165, 1.54) is 31.2 Å². The van der Waals surface area contributed by atoms with E-state index < -0.39 is 23.1 Å². The molecule has 0 saturated heterocycles. The largest absolute Gasteiger partial charge is 0.506 e. The van der Waals surface area contributed by atoms with Crippen molar-refractivity contribution in [3.8, 4) is 5.75 Å². The Morgan fingerprint density at radius 2 is 1.95 bits per heavy atom. The van der Waals surface area contributed by atoms with E-state index in [1.54, 1.807) is 0 Å². The van der Waals surface area contributed by atoms with Crippen molar-refractivity contribution in [2.75, 3.05) is 5.32 Å². The average molecular weight is 298 g/mol.